The van der Waals surface area contributed by atoms with Gasteiger partial charge in [-0.15, -0.1) is 0 Å². The van der Waals surface area contributed by atoms with Gasteiger partial charge in [-0.25, -0.2) is 4.79 Å². The molecular weight excluding hydrogens is 306 g/mol. The average Bonchev–Trinajstić information content (AvgIpc) is 2.52. The summed E-state index contributed by atoms with van der Waals surface area (Å²) in [4.78, 5) is 37.0. The Kier molecular flexibility index (Phi) is 6.46. The number of ketones is 1. The zero-order valence-corrected chi connectivity index (χ0v) is 14.9. The number of rotatable bonds is 6. The van der Waals surface area contributed by atoms with Crippen molar-refractivity contribution >= 4 is 23.7 Å². The summed E-state index contributed by atoms with van der Waals surface area (Å²) in [7, 11) is 1.20. The Morgan fingerprint density at radius 3 is 2.17 bits per heavy atom. The number of hydrogen-bond donors (Lipinski definition) is 1. The number of Topliss-reactive ketones (excluding diaryl/α,β-unsaturated/α-hetero) is 1. The van der Waals surface area contributed by atoms with Gasteiger partial charge in [0.25, 0.3) is 0 Å². The third-order valence-corrected chi connectivity index (χ3v) is 3.53. The molecule has 5 nitrogen and oxygen atoms in total. The zero-order valence-electron chi connectivity index (χ0n) is 14.9. The molecule has 1 aromatic carbocycles. The highest BCUT2D eigenvalue weighted by atomic mass is 16.5. The van der Waals surface area contributed by atoms with Crippen LogP contribution in [0.4, 0.5) is 0 Å². The lowest BCUT2D eigenvalue weighted by atomic mass is 9.76. The highest BCUT2D eigenvalue weighted by Crippen LogP contribution is 2.28. The maximum atomic E-state index is 12.9. The van der Waals surface area contributed by atoms with Crippen molar-refractivity contribution in [2.45, 2.75) is 39.7 Å². The lowest BCUT2D eigenvalue weighted by molar-refractivity contribution is -0.158. The largest absolute Gasteiger partial charge is 0.467 e. The SMILES string of the molecule is COC(=O)C(C/C=C/c1ccccc1)(NC(C)=O)C(=O)C(C)(C)C. The van der Waals surface area contributed by atoms with Crippen LogP contribution in [0.1, 0.15) is 39.7 Å². The topological polar surface area (TPSA) is 72.5 Å². The molecule has 1 N–H and O–H groups in total. The second kappa shape index (κ2) is 7.90. The predicted molar refractivity (Wildman–Crippen MR) is 93.1 cm³/mol. The predicted octanol–water partition coefficient (Wildman–Crippen LogP) is 2.75. The van der Waals surface area contributed by atoms with Gasteiger partial charge in [-0.2, -0.15) is 0 Å². The van der Waals surface area contributed by atoms with E-state index in [4.69, 9.17) is 4.74 Å². The number of amides is 1. The molecule has 0 aliphatic heterocycles. The normalized spacial score (nSPS) is 14.0. The fraction of sp³-hybridized carbons (Fsp3) is 0.421. The Labute approximate surface area is 143 Å². The molecule has 1 atom stereocenters. The Morgan fingerprint density at radius 2 is 1.71 bits per heavy atom. The molecule has 0 spiro atoms. The molecule has 0 heterocycles. The van der Waals surface area contributed by atoms with E-state index in [2.05, 4.69) is 5.32 Å². The van der Waals surface area contributed by atoms with E-state index in [1.165, 1.54) is 14.0 Å². The summed E-state index contributed by atoms with van der Waals surface area (Å²) >= 11 is 0. The van der Waals surface area contributed by atoms with Crippen LogP contribution in [-0.2, 0) is 19.1 Å². The molecular formula is C19H25NO4. The lowest BCUT2D eigenvalue weighted by Crippen LogP contribution is -2.62. The van der Waals surface area contributed by atoms with Crippen LogP contribution in [0.5, 0.6) is 0 Å². The first-order valence-corrected chi connectivity index (χ1v) is 7.77. The molecule has 0 saturated heterocycles. The molecule has 0 aliphatic rings. The Hall–Kier alpha value is -2.43. The molecule has 5 heteroatoms. The van der Waals surface area contributed by atoms with E-state index in [-0.39, 0.29) is 6.42 Å². The van der Waals surface area contributed by atoms with Gasteiger partial charge in [0.2, 0.25) is 11.4 Å². The van der Waals surface area contributed by atoms with Gasteiger partial charge in [0, 0.05) is 18.8 Å². The van der Waals surface area contributed by atoms with E-state index in [0.29, 0.717) is 0 Å². The van der Waals surface area contributed by atoms with Gasteiger partial charge in [0.05, 0.1) is 7.11 Å². The standard InChI is InChI=1S/C19H25NO4/c1-14(21)20-19(17(23)24-5,16(22)18(2,3)4)13-9-12-15-10-7-6-8-11-15/h6-12H,13H2,1-5H3,(H,20,21)/b12-9+. The summed E-state index contributed by atoms with van der Waals surface area (Å²) < 4.78 is 4.83. The molecule has 0 radical (unpaired) electrons. The van der Waals surface area contributed by atoms with Gasteiger partial charge in [-0.1, -0.05) is 63.3 Å². The van der Waals surface area contributed by atoms with Crippen LogP contribution in [0.3, 0.4) is 0 Å². The van der Waals surface area contributed by atoms with Gasteiger partial charge in [-0.3, -0.25) is 9.59 Å². The maximum absolute atomic E-state index is 12.9. The van der Waals surface area contributed by atoms with E-state index < -0.39 is 28.6 Å². The maximum Gasteiger partial charge on any atom is 0.339 e. The molecule has 1 unspecified atom stereocenters. The van der Waals surface area contributed by atoms with Crippen LogP contribution >= 0.6 is 0 Å². The van der Waals surface area contributed by atoms with Crippen molar-refractivity contribution < 1.29 is 19.1 Å². The fourth-order valence-corrected chi connectivity index (χ4v) is 2.48. The first-order chi connectivity index (χ1) is 11.1. The second-order valence-electron chi connectivity index (χ2n) is 6.67. The van der Waals surface area contributed by atoms with Gasteiger partial charge in [0.15, 0.2) is 5.78 Å². The molecule has 0 bridgehead atoms. The second-order valence-corrected chi connectivity index (χ2v) is 6.67. The summed E-state index contributed by atoms with van der Waals surface area (Å²) in [5.74, 6) is -1.63. The first kappa shape index (κ1) is 19.6. The van der Waals surface area contributed by atoms with Crippen molar-refractivity contribution in [1.82, 2.24) is 5.32 Å². The highest BCUT2D eigenvalue weighted by molar-refractivity contribution is 6.12. The summed E-state index contributed by atoms with van der Waals surface area (Å²) in [5.41, 5.74) is -1.62. The molecule has 24 heavy (non-hydrogen) atoms. The van der Waals surface area contributed by atoms with Gasteiger partial charge >= 0.3 is 5.97 Å². The molecule has 1 amide bonds. The van der Waals surface area contributed by atoms with E-state index in [1.54, 1.807) is 32.9 Å². The van der Waals surface area contributed by atoms with E-state index in [9.17, 15) is 14.4 Å². The lowest BCUT2D eigenvalue weighted by Gasteiger charge is -2.34. The molecule has 130 valence electrons. The highest BCUT2D eigenvalue weighted by Gasteiger charge is 2.50. The minimum Gasteiger partial charge on any atom is -0.467 e. The first-order valence-electron chi connectivity index (χ1n) is 7.77. The van der Waals surface area contributed by atoms with E-state index >= 15 is 0 Å². The summed E-state index contributed by atoms with van der Waals surface area (Å²) in [6, 6.07) is 9.49. The zero-order chi connectivity index (χ0) is 18.4. The van der Waals surface area contributed by atoms with E-state index in [1.807, 2.05) is 30.3 Å². The van der Waals surface area contributed by atoms with Crippen LogP contribution in [0.15, 0.2) is 36.4 Å². The van der Waals surface area contributed by atoms with Gasteiger partial charge in [-0.05, 0) is 5.56 Å². The van der Waals surface area contributed by atoms with Crippen molar-refractivity contribution in [2.75, 3.05) is 7.11 Å². The number of carbonyl (C=O) groups is 3. The number of ether oxygens (including phenoxy) is 1. The van der Waals surface area contributed by atoms with Crippen molar-refractivity contribution in [3.63, 3.8) is 0 Å². The van der Waals surface area contributed by atoms with E-state index in [0.717, 1.165) is 5.56 Å². The average molecular weight is 331 g/mol. The number of carbonyl (C=O) groups excluding carboxylic acids is 3. The molecule has 1 rings (SSSR count). The van der Waals surface area contributed by atoms with Crippen LogP contribution in [-0.4, -0.2) is 30.3 Å². The van der Waals surface area contributed by atoms with Gasteiger partial charge in [0.1, 0.15) is 0 Å². The number of hydrogen-bond acceptors (Lipinski definition) is 4. The summed E-state index contributed by atoms with van der Waals surface area (Å²) in [6.45, 7) is 6.38. The fourth-order valence-electron chi connectivity index (χ4n) is 2.48. The van der Waals surface area contributed by atoms with Crippen molar-refractivity contribution in [1.29, 1.82) is 0 Å². The quantitative estimate of drug-likeness (QED) is 0.642. The van der Waals surface area contributed by atoms with Crippen LogP contribution in [0, 0.1) is 5.41 Å². The smallest absolute Gasteiger partial charge is 0.339 e. The van der Waals surface area contributed by atoms with Crippen LogP contribution in [0.2, 0.25) is 0 Å². The third-order valence-electron chi connectivity index (χ3n) is 3.53. The number of esters is 1. The molecule has 0 saturated carbocycles. The molecule has 0 aliphatic carbocycles. The molecule has 0 fully saturated rings. The van der Waals surface area contributed by atoms with Crippen LogP contribution < -0.4 is 5.32 Å². The minimum atomic E-state index is -1.73. The summed E-state index contributed by atoms with van der Waals surface area (Å²) in [5, 5.41) is 2.52. The number of methoxy groups -OCH3 is 1. The Morgan fingerprint density at radius 1 is 1.12 bits per heavy atom. The van der Waals surface area contributed by atoms with Gasteiger partial charge < -0.3 is 10.1 Å². The molecule has 1 aromatic rings. The number of benzene rings is 1. The van der Waals surface area contributed by atoms with Crippen LogP contribution in [0.25, 0.3) is 6.08 Å². The van der Waals surface area contributed by atoms with Crippen molar-refractivity contribution in [3.05, 3.63) is 42.0 Å². The number of nitrogens with one attached hydrogen (secondary N) is 1. The molecule has 0 aromatic heterocycles. The third kappa shape index (κ3) is 4.78. The van der Waals surface area contributed by atoms with Crippen molar-refractivity contribution in [3.8, 4) is 0 Å². The Balaban J connectivity index is 3.24. The summed E-state index contributed by atoms with van der Waals surface area (Å²) in [6.07, 6.45) is 3.52. The van der Waals surface area contributed by atoms with Crippen molar-refractivity contribution in [2.24, 2.45) is 5.41 Å². The Bertz CT molecular complexity index is 629. The minimum absolute atomic E-state index is 0.0181. The monoisotopic (exact) mass is 331 g/mol.